The van der Waals surface area contributed by atoms with Crippen LogP contribution in [0, 0.1) is 11.7 Å². The van der Waals surface area contributed by atoms with E-state index in [0.717, 1.165) is 44.6 Å². The Kier molecular flexibility index (Phi) is 11.6. The van der Waals surface area contributed by atoms with Crippen molar-refractivity contribution < 1.29 is 32.2 Å². The van der Waals surface area contributed by atoms with E-state index in [1.54, 1.807) is 6.07 Å². The topological polar surface area (TPSA) is 125 Å². The van der Waals surface area contributed by atoms with Gasteiger partial charge in [-0.3, -0.25) is 9.59 Å². The fourth-order valence-electron chi connectivity index (χ4n) is 5.30. The van der Waals surface area contributed by atoms with Gasteiger partial charge in [0.2, 0.25) is 0 Å². The number of nitrogens with zero attached hydrogens (tertiary/aromatic N) is 1. The summed E-state index contributed by atoms with van der Waals surface area (Å²) in [6.45, 7) is 0.306. The number of likely N-dealkylation sites (N-methyl/N-ethyl adjacent to an activating group) is 1. The van der Waals surface area contributed by atoms with E-state index in [0.29, 0.717) is 30.0 Å². The molecule has 2 fully saturated rings. The summed E-state index contributed by atoms with van der Waals surface area (Å²) in [5.74, 6) is -0.896. The van der Waals surface area contributed by atoms with Gasteiger partial charge in [-0.2, -0.15) is 0 Å². The monoisotopic (exact) mass is 597 g/mol. The highest BCUT2D eigenvalue weighted by Crippen LogP contribution is 2.30. The number of carbonyl (C=O) groups is 2. The van der Waals surface area contributed by atoms with E-state index in [9.17, 15) is 17.6 Å². The van der Waals surface area contributed by atoms with E-state index < -0.39 is 26.6 Å². The summed E-state index contributed by atoms with van der Waals surface area (Å²) >= 11 is 6.28. The Balaban J connectivity index is 0.00000141. The van der Waals surface area contributed by atoms with E-state index in [1.165, 1.54) is 37.1 Å². The van der Waals surface area contributed by atoms with Gasteiger partial charge >= 0.3 is 0 Å². The summed E-state index contributed by atoms with van der Waals surface area (Å²) in [5, 5.41) is 10.4. The van der Waals surface area contributed by atoms with Gasteiger partial charge in [0, 0.05) is 23.3 Å². The normalized spacial score (nSPS) is 19.4. The number of anilines is 1. The maximum atomic E-state index is 14.9. The van der Waals surface area contributed by atoms with Crippen LogP contribution in [0.5, 0.6) is 5.75 Å². The van der Waals surface area contributed by atoms with Gasteiger partial charge in [-0.05, 0) is 82.1 Å². The van der Waals surface area contributed by atoms with Gasteiger partial charge in [0.25, 0.3) is 22.4 Å². The molecule has 12 heteroatoms. The minimum atomic E-state index is -4.44. The van der Waals surface area contributed by atoms with Crippen LogP contribution in [0.3, 0.4) is 0 Å². The second kappa shape index (κ2) is 14.7. The van der Waals surface area contributed by atoms with Crippen molar-refractivity contribution in [3.63, 3.8) is 0 Å². The van der Waals surface area contributed by atoms with Gasteiger partial charge in [-0.25, -0.2) is 17.5 Å². The summed E-state index contributed by atoms with van der Waals surface area (Å²) < 4.78 is 48.3. The van der Waals surface area contributed by atoms with Crippen LogP contribution in [0.15, 0.2) is 41.3 Å². The molecule has 0 radical (unpaired) electrons. The van der Waals surface area contributed by atoms with E-state index >= 15 is 0 Å². The van der Waals surface area contributed by atoms with Crippen LogP contribution in [-0.2, 0) is 14.8 Å². The zero-order valence-corrected chi connectivity index (χ0v) is 24.3. The number of rotatable bonds is 9. The molecule has 2 aliphatic carbocycles. The van der Waals surface area contributed by atoms with Crippen LogP contribution in [0.2, 0.25) is 5.02 Å². The molecule has 220 valence electrons. The lowest BCUT2D eigenvalue weighted by atomic mass is 9.89. The number of nitrogens with one attached hydrogen (secondary N) is 2. The van der Waals surface area contributed by atoms with E-state index in [2.05, 4.69) is 10.2 Å². The maximum absolute atomic E-state index is 14.9. The third-order valence-corrected chi connectivity index (χ3v) is 9.00. The van der Waals surface area contributed by atoms with Crippen LogP contribution >= 0.6 is 11.6 Å². The van der Waals surface area contributed by atoms with Crippen LogP contribution < -0.4 is 14.8 Å². The molecule has 0 aromatic heterocycles. The van der Waals surface area contributed by atoms with Crippen molar-refractivity contribution in [2.45, 2.75) is 68.3 Å². The molecule has 0 spiro atoms. The zero-order chi connectivity index (χ0) is 29.3. The number of halogens is 2. The Morgan fingerprint density at radius 3 is 2.38 bits per heavy atom. The number of carbonyl (C=O) groups excluding carboxylic acids is 1. The van der Waals surface area contributed by atoms with E-state index in [4.69, 9.17) is 26.2 Å². The minimum Gasteiger partial charge on any atom is -0.492 e. The fourth-order valence-corrected chi connectivity index (χ4v) is 6.57. The van der Waals surface area contributed by atoms with E-state index in [-0.39, 0.29) is 23.1 Å². The van der Waals surface area contributed by atoms with Crippen LogP contribution in [0.25, 0.3) is 0 Å². The molecule has 2 aliphatic rings. The predicted molar refractivity (Wildman–Crippen MR) is 152 cm³/mol. The largest absolute Gasteiger partial charge is 0.492 e. The Labute approximate surface area is 240 Å². The molecule has 9 nitrogen and oxygen atoms in total. The SMILES string of the molecule is CN(C)[C@H]1CCCC[C@@H]1Nc1ccc(S(=O)(=O)NC(=O)c2ccc(OCC3CCCC3)c(Cl)c2)c(F)c1.O=CO. The molecule has 0 aliphatic heterocycles. The summed E-state index contributed by atoms with van der Waals surface area (Å²) in [5.41, 5.74) is 0.536. The average Bonchev–Trinajstić information content (AvgIpc) is 3.42. The molecule has 0 unspecified atom stereocenters. The summed E-state index contributed by atoms with van der Waals surface area (Å²) in [7, 11) is -0.398. The molecular weight excluding hydrogens is 561 g/mol. The third-order valence-electron chi connectivity index (χ3n) is 7.34. The number of amides is 1. The van der Waals surface area contributed by atoms with Gasteiger partial charge in [-0.15, -0.1) is 0 Å². The molecule has 2 aromatic rings. The second-order valence-corrected chi connectivity index (χ2v) is 12.4. The first kappa shape index (κ1) is 31.6. The summed E-state index contributed by atoms with van der Waals surface area (Å²) in [6, 6.07) is 8.65. The van der Waals surface area contributed by atoms with Crippen molar-refractivity contribution in [3.05, 3.63) is 52.8 Å². The lowest BCUT2D eigenvalue weighted by Crippen LogP contribution is -2.45. The first-order chi connectivity index (χ1) is 19.1. The molecule has 2 saturated carbocycles. The maximum Gasteiger partial charge on any atom is 0.290 e. The number of hydrogen-bond donors (Lipinski definition) is 3. The standard InChI is InChI=1S/C27H35ClFN3O4S.CH2O2/c1-32(2)24-10-6-5-9-23(24)30-20-12-14-26(22(29)16-20)37(34,35)31-27(33)19-11-13-25(21(28)15-19)36-17-18-7-3-4-8-18;2-1-3/h11-16,18,23-24,30H,3-10,17H2,1-2H3,(H,31,33);1H,(H,2,3)/t23-,24-;/m0./s1. The van der Waals surface area contributed by atoms with Gasteiger partial charge < -0.3 is 20.1 Å². The number of carboxylic acid groups (broad SMARTS) is 1. The molecule has 40 heavy (non-hydrogen) atoms. The minimum absolute atomic E-state index is 0.0347. The average molecular weight is 598 g/mol. The molecule has 1 amide bonds. The van der Waals surface area contributed by atoms with Crippen LogP contribution in [-0.4, -0.2) is 63.6 Å². The zero-order valence-electron chi connectivity index (χ0n) is 22.7. The first-order valence-electron chi connectivity index (χ1n) is 13.4. The fraction of sp³-hybridized carbons (Fsp3) is 0.500. The Morgan fingerprint density at radius 2 is 1.75 bits per heavy atom. The highest BCUT2D eigenvalue weighted by atomic mass is 35.5. The smallest absolute Gasteiger partial charge is 0.290 e. The molecular formula is C28H37ClFN3O6S. The van der Waals surface area contributed by atoms with E-state index in [1.807, 2.05) is 18.8 Å². The molecule has 3 N–H and O–H groups in total. The number of ether oxygens (including phenoxy) is 1. The van der Waals surface area contributed by atoms with Gasteiger partial charge in [0.15, 0.2) is 0 Å². The molecule has 0 saturated heterocycles. The molecule has 0 bridgehead atoms. The van der Waals surface area contributed by atoms with Crippen molar-refractivity contribution >= 4 is 39.7 Å². The molecule has 4 rings (SSSR count). The Morgan fingerprint density at radius 1 is 1.10 bits per heavy atom. The lowest BCUT2D eigenvalue weighted by molar-refractivity contribution is -0.122. The lowest BCUT2D eigenvalue weighted by Gasteiger charge is -2.37. The van der Waals surface area contributed by atoms with Crippen molar-refractivity contribution in [1.82, 2.24) is 9.62 Å². The van der Waals surface area contributed by atoms with Gasteiger partial charge in [0.05, 0.1) is 11.6 Å². The summed E-state index contributed by atoms with van der Waals surface area (Å²) in [4.78, 5) is 22.6. The molecule has 0 heterocycles. The Hall–Kier alpha value is -2.89. The molecule has 2 aromatic carbocycles. The van der Waals surface area contributed by atoms with Gasteiger partial charge in [-0.1, -0.05) is 37.3 Å². The third kappa shape index (κ3) is 8.55. The number of hydrogen-bond acceptors (Lipinski definition) is 7. The predicted octanol–water partition coefficient (Wildman–Crippen LogP) is 5.15. The molecule has 2 atom stereocenters. The quantitative estimate of drug-likeness (QED) is 0.339. The number of sulfonamides is 1. The highest BCUT2D eigenvalue weighted by Gasteiger charge is 2.28. The van der Waals surface area contributed by atoms with Crippen LogP contribution in [0.1, 0.15) is 61.7 Å². The second-order valence-electron chi connectivity index (χ2n) is 10.4. The highest BCUT2D eigenvalue weighted by molar-refractivity contribution is 7.90. The van der Waals surface area contributed by atoms with Gasteiger partial charge in [0.1, 0.15) is 16.5 Å². The Bertz CT molecular complexity index is 1270. The number of benzene rings is 2. The van der Waals surface area contributed by atoms with Crippen molar-refractivity contribution in [2.75, 3.05) is 26.0 Å². The van der Waals surface area contributed by atoms with Crippen LogP contribution in [0.4, 0.5) is 10.1 Å². The van der Waals surface area contributed by atoms with Crippen molar-refractivity contribution in [1.29, 1.82) is 0 Å². The summed E-state index contributed by atoms with van der Waals surface area (Å²) in [6.07, 6.45) is 8.88. The van der Waals surface area contributed by atoms with Crippen molar-refractivity contribution in [3.8, 4) is 5.75 Å². The van der Waals surface area contributed by atoms with Crippen molar-refractivity contribution in [2.24, 2.45) is 5.92 Å². The first-order valence-corrected chi connectivity index (χ1v) is 15.2.